The molecule has 5 heteroatoms. The van der Waals surface area contributed by atoms with Gasteiger partial charge in [0.25, 0.3) is 0 Å². The molecule has 118 valence electrons. The minimum Gasteiger partial charge on any atom is -0.453 e. The quantitative estimate of drug-likeness (QED) is 0.843. The van der Waals surface area contributed by atoms with Crippen molar-refractivity contribution in [2.24, 2.45) is 11.3 Å². The molecule has 2 aliphatic heterocycles. The van der Waals surface area contributed by atoms with Crippen molar-refractivity contribution in [3.8, 4) is 0 Å². The van der Waals surface area contributed by atoms with Gasteiger partial charge in [0.15, 0.2) is 0 Å². The molecule has 0 aromatic carbocycles. The van der Waals surface area contributed by atoms with Crippen molar-refractivity contribution in [3.63, 3.8) is 0 Å². The van der Waals surface area contributed by atoms with E-state index in [4.69, 9.17) is 9.47 Å². The third-order valence-electron chi connectivity index (χ3n) is 6.38. The Balaban J connectivity index is 1.34. The first kappa shape index (κ1) is 13.8. The molecule has 1 spiro atoms. The molecular formula is C16H26N2O3. The van der Waals surface area contributed by atoms with Crippen LogP contribution in [-0.2, 0) is 9.47 Å². The van der Waals surface area contributed by atoms with Gasteiger partial charge in [0, 0.05) is 43.1 Å². The van der Waals surface area contributed by atoms with Crippen molar-refractivity contribution in [1.29, 1.82) is 0 Å². The summed E-state index contributed by atoms with van der Waals surface area (Å²) in [6, 6.07) is 1.21. The second-order valence-electron chi connectivity index (χ2n) is 7.21. The summed E-state index contributed by atoms with van der Waals surface area (Å²) in [7, 11) is 1.46. The number of likely N-dealkylation sites (tertiary alicyclic amines) is 1. The van der Waals surface area contributed by atoms with E-state index in [0.717, 1.165) is 38.5 Å². The Hall–Kier alpha value is -0.810. The molecule has 2 saturated heterocycles. The normalized spacial score (nSPS) is 37.8. The van der Waals surface area contributed by atoms with Gasteiger partial charge in [-0.2, -0.15) is 0 Å². The van der Waals surface area contributed by atoms with Gasteiger partial charge in [0.2, 0.25) is 0 Å². The minimum absolute atomic E-state index is 0.184. The Morgan fingerprint density at radius 2 is 2.05 bits per heavy atom. The van der Waals surface area contributed by atoms with Crippen LogP contribution in [0.4, 0.5) is 4.79 Å². The fourth-order valence-corrected chi connectivity index (χ4v) is 5.11. The van der Waals surface area contributed by atoms with Gasteiger partial charge in [0.1, 0.15) is 0 Å². The molecule has 0 bridgehead atoms. The van der Waals surface area contributed by atoms with Crippen LogP contribution in [0.15, 0.2) is 0 Å². The molecule has 3 atom stereocenters. The Morgan fingerprint density at radius 3 is 2.67 bits per heavy atom. The number of piperidine rings is 1. The van der Waals surface area contributed by atoms with Gasteiger partial charge in [-0.05, 0) is 32.1 Å². The van der Waals surface area contributed by atoms with Crippen LogP contribution < -0.4 is 5.32 Å². The molecule has 2 saturated carbocycles. The minimum atomic E-state index is -0.184. The van der Waals surface area contributed by atoms with Gasteiger partial charge < -0.3 is 19.7 Å². The first-order valence-electron chi connectivity index (χ1n) is 8.45. The average Bonchev–Trinajstić information content (AvgIpc) is 2.88. The molecule has 0 aromatic rings. The lowest BCUT2D eigenvalue weighted by Gasteiger charge is -2.64. The second-order valence-corrected chi connectivity index (χ2v) is 7.21. The highest BCUT2D eigenvalue weighted by Crippen LogP contribution is 2.62. The van der Waals surface area contributed by atoms with E-state index >= 15 is 0 Å². The van der Waals surface area contributed by atoms with Crippen LogP contribution in [0.2, 0.25) is 0 Å². The van der Waals surface area contributed by atoms with Crippen molar-refractivity contribution in [3.05, 3.63) is 0 Å². The molecular weight excluding hydrogens is 268 g/mol. The summed E-state index contributed by atoms with van der Waals surface area (Å²) < 4.78 is 10.8. The van der Waals surface area contributed by atoms with E-state index in [1.165, 1.54) is 32.8 Å². The number of nitrogens with one attached hydrogen (secondary N) is 1. The van der Waals surface area contributed by atoms with Gasteiger partial charge in [-0.3, -0.25) is 0 Å². The first-order valence-corrected chi connectivity index (χ1v) is 8.45. The smallest absolute Gasteiger partial charge is 0.409 e. The van der Waals surface area contributed by atoms with Crippen LogP contribution in [0.25, 0.3) is 0 Å². The van der Waals surface area contributed by atoms with Gasteiger partial charge in [-0.1, -0.05) is 6.42 Å². The van der Waals surface area contributed by atoms with Crippen LogP contribution in [0.1, 0.15) is 38.5 Å². The number of ether oxygens (including phenoxy) is 2. The Bertz CT molecular complexity index is 416. The molecule has 1 unspecified atom stereocenters. The highest BCUT2D eigenvalue weighted by molar-refractivity contribution is 5.67. The van der Waals surface area contributed by atoms with Crippen LogP contribution in [-0.4, -0.2) is 56.0 Å². The Labute approximate surface area is 126 Å². The number of methoxy groups -OCH3 is 1. The molecule has 2 heterocycles. The summed E-state index contributed by atoms with van der Waals surface area (Å²) in [6.07, 6.45) is 7.71. The number of rotatable bonds is 2. The maximum Gasteiger partial charge on any atom is 0.409 e. The molecule has 1 N–H and O–H groups in total. The second kappa shape index (κ2) is 5.13. The number of hydrogen-bond donors (Lipinski definition) is 1. The summed E-state index contributed by atoms with van der Waals surface area (Å²) >= 11 is 0. The van der Waals surface area contributed by atoms with Crippen molar-refractivity contribution >= 4 is 6.09 Å². The molecule has 4 fully saturated rings. The lowest BCUT2D eigenvalue weighted by Crippen LogP contribution is -2.72. The number of carbonyl (C=O) groups is 1. The fourth-order valence-electron chi connectivity index (χ4n) is 5.11. The lowest BCUT2D eigenvalue weighted by atomic mass is 9.46. The van der Waals surface area contributed by atoms with Gasteiger partial charge in [0.05, 0.1) is 13.2 Å². The molecule has 5 nitrogen and oxygen atoms in total. The zero-order valence-electron chi connectivity index (χ0n) is 12.8. The van der Waals surface area contributed by atoms with Crippen molar-refractivity contribution in [2.45, 2.75) is 56.7 Å². The Kier molecular flexibility index (Phi) is 3.38. The van der Waals surface area contributed by atoms with Crippen LogP contribution in [0.5, 0.6) is 0 Å². The monoisotopic (exact) mass is 294 g/mol. The average molecular weight is 294 g/mol. The Morgan fingerprint density at radius 1 is 1.29 bits per heavy atom. The third kappa shape index (κ3) is 2.00. The van der Waals surface area contributed by atoms with E-state index in [1.807, 2.05) is 4.90 Å². The van der Waals surface area contributed by atoms with Gasteiger partial charge in [-0.15, -0.1) is 0 Å². The topological polar surface area (TPSA) is 50.8 Å². The van der Waals surface area contributed by atoms with E-state index in [2.05, 4.69) is 5.32 Å². The molecule has 0 radical (unpaired) electrons. The lowest BCUT2D eigenvalue weighted by molar-refractivity contribution is -0.179. The molecule has 1 amide bonds. The highest BCUT2D eigenvalue weighted by Gasteiger charge is 2.66. The van der Waals surface area contributed by atoms with Gasteiger partial charge in [-0.25, -0.2) is 4.79 Å². The zero-order chi connectivity index (χ0) is 14.4. The number of hydrogen-bond acceptors (Lipinski definition) is 4. The first-order chi connectivity index (χ1) is 10.2. The largest absolute Gasteiger partial charge is 0.453 e. The predicted molar refractivity (Wildman–Crippen MR) is 78.1 cm³/mol. The van der Waals surface area contributed by atoms with E-state index in [9.17, 15) is 4.79 Å². The summed E-state index contributed by atoms with van der Waals surface area (Å²) in [5.41, 5.74) is 0.459. The maximum atomic E-state index is 11.5. The zero-order valence-corrected chi connectivity index (χ0v) is 12.8. The van der Waals surface area contributed by atoms with Gasteiger partial charge >= 0.3 is 6.09 Å². The predicted octanol–water partition coefficient (Wildman–Crippen LogP) is 1.76. The fraction of sp³-hybridized carbons (Fsp3) is 0.938. The maximum absolute atomic E-state index is 11.5. The molecule has 0 aromatic heterocycles. The summed E-state index contributed by atoms with van der Waals surface area (Å²) in [5.74, 6) is 0.740. The molecule has 4 aliphatic rings. The molecule has 4 rings (SSSR count). The van der Waals surface area contributed by atoms with Crippen molar-refractivity contribution in [2.75, 3.05) is 26.8 Å². The summed E-state index contributed by atoms with van der Waals surface area (Å²) in [6.45, 7) is 2.58. The van der Waals surface area contributed by atoms with Crippen LogP contribution in [0, 0.1) is 11.3 Å². The van der Waals surface area contributed by atoms with E-state index < -0.39 is 0 Å². The molecule has 2 aliphatic carbocycles. The standard InChI is InChI=1S/C16H26N2O3/c1-20-15(19)18-8-3-11(4-9-18)17-13-12-5-10-21-14(12)16(13)6-2-7-16/h11-14,17H,2-10H2,1H3/t12-,13?,14-/m1/s1. The van der Waals surface area contributed by atoms with Crippen molar-refractivity contribution in [1.82, 2.24) is 10.2 Å². The summed E-state index contributed by atoms with van der Waals surface area (Å²) in [5, 5.41) is 3.94. The van der Waals surface area contributed by atoms with E-state index in [0.29, 0.717) is 23.6 Å². The summed E-state index contributed by atoms with van der Waals surface area (Å²) in [4.78, 5) is 13.4. The number of fused-ring (bicyclic) bond motifs is 2. The van der Waals surface area contributed by atoms with Crippen molar-refractivity contribution < 1.29 is 14.3 Å². The van der Waals surface area contributed by atoms with E-state index in [-0.39, 0.29) is 6.09 Å². The molecule has 21 heavy (non-hydrogen) atoms. The highest BCUT2D eigenvalue weighted by atomic mass is 16.5. The third-order valence-corrected chi connectivity index (χ3v) is 6.38. The number of amides is 1. The van der Waals surface area contributed by atoms with E-state index in [1.54, 1.807) is 0 Å². The SMILES string of the molecule is COC(=O)N1CCC(NC2[C@H]3CCO[C@H]3C23CCC3)CC1. The van der Waals surface area contributed by atoms with Crippen LogP contribution in [0.3, 0.4) is 0 Å². The van der Waals surface area contributed by atoms with Crippen LogP contribution >= 0.6 is 0 Å². The number of nitrogens with zero attached hydrogens (tertiary/aromatic N) is 1. The number of carbonyl (C=O) groups excluding carboxylic acids is 1.